The fourth-order valence-corrected chi connectivity index (χ4v) is 2.70. The van der Waals surface area contributed by atoms with E-state index in [1.54, 1.807) is 11.3 Å². The number of aromatic nitrogens is 4. The molecule has 0 spiro atoms. The molecule has 2 heterocycles. The van der Waals surface area contributed by atoms with Gasteiger partial charge in [-0.3, -0.25) is 0 Å². The number of thiophene rings is 1. The van der Waals surface area contributed by atoms with E-state index in [9.17, 15) is 0 Å². The lowest BCUT2D eigenvalue weighted by atomic mass is 10.1. The first-order valence-electron chi connectivity index (χ1n) is 6.40. The van der Waals surface area contributed by atoms with Crippen molar-refractivity contribution in [2.45, 2.75) is 19.5 Å². The van der Waals surface area contributed by atoms with Crippen LogP contribution in [-0.2, 0) is 19.5 Å². The summed E-state index contributed by atoms with van der Waals surface area (Å²) in [4.78, 5) is 1.26. The van der Waals surface area contributed by atoms with E-state index < -0.39 is 0 Å². The molecule has 3 rings (SSSR count). The van der Waals surface area contributed by atoms with Crippen LogP contribution in [-0.4, -0.2) is 20.2 Å². The van der Waals surface area contributed by atoms with E-state index >= 15 is 0 Å². The third kappa shape index (κ3) is 2.92. The average Bonchev–Trinajstić information content (AvgIpc) is 3.13. The van der Waals surface area contributed by atoms with Crippen molar-refractivity contribution < 1.29 is 0 Å². The Labute approximate surface area is 121 Å². The van der Waals surface area contributed by atoms with Crippen LogP contribution in [0.2, 0.25) is 0 Å². The van der Waals surface area contributed by atoms with Crippen molar-refractivity contribution in [3.63, 3.8) is 0 Å². The Kier molecular flexibility index (Phi) is 3.85. The van der Waals surface area contributed by atoms with Crippen LogP contribution < -0.4 is 5.73 Å². The second-order valence-electron chi connectivity index (χ2n) is 4.53. The van der Waals surface area contributed by atoms with E-state index in [0.717, 1.165) is 17.8 Å². The Balaban J connectivity index is 1.75. The van der Waals surface area contributed by atoms with Crippen LogP contribution >= 0.6 is 11.3 Å². The molecule has 0 aliphatic rings. The first-order chi connectivity index (χ1) is 9.85. The minimum absolute atomic E-state index is 0.564. The Hall–Kier alpha value is -2.05. The fourth-order valence-electron chi connectivity index (χ4n) is 2.00. The maximum atomic E-state index is 5.60. The summed E-state index contributed by atoms with van der Waals surface area (Å²) in [7, 11) is 0. The summed E-state index contributed by atoms with van der Waals surface area (Å²) < 4.78 is 1.84. The molecule has 1 aromatic carbocycles. The van der Waals surface area contributed by atoms with Crippen LogP contribution in [0.5, 0.6) is 0 Å². The largest absolute Gasteiger partial charge is 0.326 e. The van der Waals surface area contributed by atoms with E-state index in [2.05, 4.69) is 39.1 Å². The van der Waals surface area contributed by atoms with Crippen LogP contribution in [0.3, 0.4) is 0 Å². The topological polar surface area (TPSA) is 69.6 Å². The molecular weight excluding hydrogens is 270 g/mol. The van der Waals surface area contributed by atoms with Crippen LogP contribution in [0.25, 0.3) is 0 Å². The molecule has 0 atom stereocenters. The van der Waals surface area contributed by atoms with Gasteiger partial charge in [0.15, 0.2) is 5.82 Å². The normalized spacial score (nSPS) is 10.8. The Morgan fingerprint density at radius 2 is 1.90 bits per heavy atom. The summed E-state index contributed by atoms with van der Waals surface area (Å²) in [6, 6.07) is 12.4. The highest BCUT2D eigenvalue weighted by Crippen LogP contribution is 2.13. The van der Waals surface area contributed by atoms with Crippen molar-refractivity contribution in [1.82, 2.24) is 20.2 Å². The van der Waals surface area contributed by atoms with Gasteiger partial charge in [0.2, 0.25) is 0 Å². The molecule has 6 heteroatoms. The van der Waals surface area contributed by atoms with Gasteiger partial charge >= 0.3 is 0 Å². The number of hydrogen-bond acceptors (Lipinski definition) is 5. The van der Waals surface area contributed by atoms with Gasteiger partial charge in [0, 0.05) is 17.8 Å². The van der Waals surface area contributed by atoms with E-state index in [1.807, 2.05) is 22.9 Å². The molecule has 20 heavy (non-hydrogen) atoms. The molecule has 0 aliphatic carbocycles. The van der Waals surface area contributed by atoms with Crippen molar-refractivity contribution >= 4 is 11.3 Å². The number of nitrogens with zero attached hydrogens (tertiary/aromatic N) is 4. The summed E-state index contributed by atoms with van der Waals surface area (Å²) >= 11 is 1.72. The molecule has 0 aliphatic heterocycles. The fraction of sp³-hybridized carbons (Fsp3) is 0.214. The molecule has 102 valence electrons. The molecule has 0 amide bonds. The molecule has 0 saturated carbocycles. The highest BCUT2D eigenvalue weighted by atomic mass is 32.1. The third-order valence-electron chi connectivity index (χ3n) is 3.11. The highest BCUT2D eigenvalue weighted by Gasteiger charge is 2.08. The molecule has 0 bridgehead atoms. The Morgan fingerprint density at radius 3 is 2.60 bits per heavy atom. The van der Waals surface area contributed by atoms with Gasteiger partial charge in [0.1, 0.15) is 0 Å². The second-order valence-corrected chi connectivity index (χ2v) is 5.56. The lowest BCUT2D eigenvalue weighted by Crippen LogP contribution is -2.07. The molecule has 0 fully saturated rings. The minimum atomic E-state index is 0.564. The zero-order valence-corrected chi connectivity index (χ0v) is 11.8. The summed E-state index contributed by atoms with van der Waals surface area (Å²) in [5.74, 6) is 0.885. The number of nitrogens with two attached hydrogens (primary N) is 1. The lowest BCUT2D eigenvalue weighted by Gasteiger charge is -2.05. The van der Waals surface area contributed by atoms with Crippen molar-refractivity contribution in [2.24, 2.45) is 5.73 Å². The zero-order chi connectivity index (χ0) is 13.8. The summed E-state index contributed by atoms with van der Waals surface area (Å²) in [5.41, 5.74) is 7.90. The van der Waals surface area contributed by atoms with Crippen molar-refractivity contribution in [1.29, 1.82) is 0 Å². The van der Waals surface area contributed by atoms with Gasteiger partial charge in [-0.1, -0.05) is 30.3 Å². The Morgan fingerprint density at radius 1 is 1.10 bits per heavy atom. The molecule has 0 unspecified atom stereocenters. The molecule has 5 nitrogen and oxygen atoms in total. The van der Waals surface area contributed by atoms with Crippen LogP contribution in [0.4, 0.5) is 0 Å². The number of tetrazole rings is 1. The summed E-state index contributed by atoms with van der Waals surface area (Å²) in [6.45, 7) is 1.24. The predicted molar refractivity (Wildman–Crippen MR) is 78.4 cm³/mol. The van der Waals surface area contributed by atoms with E-state index in [-0.39, 0.29) is 0 Å². The molecule has 0 saturated heterocycles. The molecule has 2 aromatic heterocycles. The quantitative estimate of drug-likeness (QED) is 0.776. The number of hydrogen-bond donors (Lipinski definition) is 1. The second kappa shape index (κ2) is 5.94. The van der Waals surface area contributed by atoms with Crippen molar-refractivity contribution in [3.05, 3.63) is 63.6 Å². The summed E-state index contributed by atoms with van der Waals surface area (Å²) in [5, 5.41) is 14.0. The molecule has 3 aromatic rings. The van der Waals surface area contributed by atoms with Crippen molar-refractivity contribution in [2.75, 3.05) is 0 Å². The van der Waals surface area contributed by atoms with Gasteiger partial charge in [0.05, 0.1) is 6.54 Å². The molecule has 0 radical (unpaired) electrons. The van der Waals surface area contributed by atoms with Crippen LogP contribution in [0.1, 0.15) is 21.8 Å². The third-order valence-corrected chi connectivity index (χ3v) is 3.99. The van der Waals surface area contributed by atoms with Gasteiger partial charge in [-0.25, -0.2) is 4.68 Å². The van der Waals surface area contributed by atoms with Gasteiger partial charge < -0.3 is 5.73 Å². The maximum Gasteiger partial charge on any atom is 0.156 e. The number of benzene rings is 1. The average molecular weight is 285 g/mol. The molecule has 2 N–H and O–H groups in total. The van der Waals surface area contributed by atoms with E-state index in [1.165, 1.54) is 10.4 Å². The maximum absolute atomic E-state index is 5.60. The Bertz CT molecular complexity index is 657. The lowest BCUT2D eigenvalue weighted by molar-refractivity contribution is 0.626. The SMILES string of the molecule is NCc1ccc(Cn2nnnc2Cc2cccs2)cc1. The summed E-state index contributed by atoms with van der Waals surface area (Å²) in [6.07, 6.45) is 0.769. The standard InChI is InChI=1S/C14H15N5S/c15-9-11-3-5-12(6-4-11)10-19-14(16-17-18-19)8-13-2-1-7-20-13/h1-7H,8-10,15H2. The number of rotatable bonds is 5. The van der Waals surface area contributed by atoms with Gasteiger partial charge in [0.25, 0.3) is 0 Å². The predicted octanol–water partition coefficient (Wildman–Crippen LogP) is 1.83. The highest BCUT2D eigenvalue weighted by molar-refractivity contribution is 7.09. The molecular formula is C14H15N5S. The first-order valence-corrected chi connectivity index (χ1v) is 7.28. The minimum Gasteiger partial charge on any atom is -0.326 e. The smallest absolute Gasteiger partial charge is 0.156 e. The van der Waals surface area contributed by atoms with E-state index in [0.29, 0.717) is 13.1 Å². The van der Waals surface area contributed by atoms with Gasteiger partial charge in [-0.05, 0) is 33.0 Å². The zero-order valence-electron chi connectivity index (χ0n) is 10.9. The van der Waals surface area contributed by atoms with E-state index in [4.69, 9.17) is 5.73 Å². The van der Waals surface area contributed by atoms with Gasteiger partial charge in [-0.2, -0.15) is 0 Å². The van der Waals surface area contributed by atoms with Crippen LogP contribution in [0, 0.1) is 0 Å². The van der Waals surface area contributed by atoms with Gasteiger partial charge in [-0.15, -0.1) is 16.4 Å². The van der Waals surface area contributed by atoms with Crippen molar-refractivity contribution in [3.8, 4) is 0 Å². The monoisotopic (exact) mass is 285 g/mol. The first kappa shape index (κ1) is 13.0. The van der Waals surface area contributed by atoms with Crippen LogP contribution in [0.15, 0.2) is 41.8 Å².